The number of fused-ring (bicyclic) bond motifs is 1. The van der Waals surface area contributed by atoms with Crippen molar-refractivity contribution in [1.29, 1.82) is 0 Å². The number of ether oxygens (including phenoxy) is 1. The molecule has 1 aromatic heterocycles. The van der Waals surface area contributed by atoms with Gasteiger partial charge in [0, 0.05) is 30.8 Å². The van der Waals surface area contributed by atoms with E-state index in [1.54, 1.807) is 48.5 Å². The van der Waals surface area contributed by atoms with E-state index in [4.69, 9.17) is 9.84 Å². The SMILES string of the molecule is COc1ccc(-n2nc(C(=O)O)c3c2C(=O)N(c2ccc(N(CCCCC(=O)O)N=O)cc2)CC3)cc1. The van der Waals surface area contributed by atoms with Crippen molar-refractivity contribution in [1.82, 2.24) is 9.78 Å². The quantitative estimate of drug-likeness (QED) is 0.225. The van der Waals surface area contributed by atoms with Crippen molar-refractivity contribution in [3.05, 3.63) is 70.4 Å². The van der Waals surface area contributed by atoms with Crippen LogP contribution in [0.4, 0.5) is 11.4 Å². The van der Waals surface area contributed by atoms with Crippen LogP contribution in [-0.4, -0.2) is 58.0 Å². The van der Waals surface area contributed by atoms with E-state index in [0.29, 0.717) is 47.6 Å². The van der Waals surface area contributed by atoms with Crippen molar-refractivity contribution in [2.45, 2.75) is 25.7 Å². The average molecular weight is 508 g/mol. The van der Waals surface area contributed by atoms with E-state index in [-0.39, 0.29) is 30.9 Å². The Kier molecular flexibility index (Phi) is 7.47. The molecule has 3 aromatic rings. The van der Waals surface area contributed by atoms with Crippen molar-refractivity contribution in [3.8, 4) is 11.4 Å². The van der Waals surface area contributed by atoms with Crippen LogP contribution in [0.2, 0.25) is 0 Å². The lowest BCUT2D eigenvalue weighted by Crippen LogP contribution is -2.39. The first-order valence-corrected chi connectivity index (χ1v) is 11.6. The molecule has 0 bridgehead atoms. The highest BCUT2D eigenvalue weighted by atomic mass is 16.5. The highest BCUT2D eigenvalue weighted by Crippen LogP contribution is 2.30. The fourth-order valence-corrected chi connectivity index (χ4v) is 4.25. The summed E-state index contributed by atoms with van der Waals surface area (Å²) in [7, 11) is 1.53. The molecule has 192 valence electrons. The number of nitrogens with zero attached hydrogens (tertiary/aromatic N) is 5. The van der Waals surface area contributed by atoms with Crippen LogP contribution in [0, 0.1) is 4.91 Å². The summed E-state index contributed by atoms with van der Waals surface area (Å²) in [4.78, 5) is 48.9. The fourth-order valence-electron chi connectivity index (χ4n) is 4.25. The molecule has 1 aliphatic rings. The minimum Gasteiger partial charge on any atom is -0.497 e. The van der Waals surface area contributed by atoms with E-state index in [1.165, 1.54) is 21.7 Å². The van der Waals surface area contributed by atoms with E-state index < -0.39 is 17.8 Å². The summed E-state index contributed by atoms with van der Waals surface area (Å²) in [6, 6.07) is 13.4. The fraction of sp³-hybridized carbons (Fsp3) is 0.280. The molecule has 2 aromatic carbocycles. The molecule has 0 atom stereocenters. The number of carboxylic acids is 2. The molecule has 1 amide bonds. The zero-order valence-electron chi connectivity index (χ0n) is 20.0. The van der Waals surface area contributed by atoms with Gasteiger partial charge in [-0.05, 0) is 67.8 Å². The second-order valence-electron chi connectivity index (χ2n) is 8.37. The van der Waals surface area contributed by atoms with Crippen molar-refractivity contribution in [2.24, 2.45) is 5.29 Å². The summed E-state index contributed by atoms with van der Waals surface area (Å²) in [5.41, 5.74) is 1.98. The number of carbonyl (C=O) groups is 3. The predicted molar refractivity (Wildman–Crippen MR) is 134 cm³/mol. The maximum Gasteiger partial charge on any atom is 0.356 e. The van der Waals surface area contributed by atoms with Crippen LogP contribution < -0.4 is 14.6 Å². The topological polar surface area (TPSA) is 155 Å². The Morgan fingerprint density at radius 2 is 1.73 bits per heavy atom. The van der Waals surface area contributed by atoms with Gasteiger partial charge in [0.25, 0.3) is 5.91 Å². The van der Waals surface area contributed by atoms with Gasteiger partial charge in [-0.15, -0.1) is 4.91 Å². The Morgan fingerprint density at radius 3 is 2.32 bits per heavy atom. The van der Waals surface area contributed by atoms with E-state index in [0.717, 1.165) is 0 Å². The Hall–Kier alpha value is -4.74. The van der Waals surface area contributed by atoms with Gasteiger partial charge in [0.1, 0.15) is 11.4 Å². The Balaban J connectivity index is 1.59. The largest absolute Gasteiger partial charge is 0.497 e. The Bertz CT molecular complexity index is 1320. The van der Waals surface area contributed by atoms with Crippen LogP contribution in [0.15, 0.2) is 53.8 Å². The second-order valence-corrected chi connectivity index (χ2v) is 8.37. The molecule has 0 unspecified atom stereocenters. The average Bonchev–Trinajstić information content (AvgIpc) is 3.30. The zero-order chi connectivity index (χ0) is 26.5. The monoisotopic (exact) mass is 507 g/mol. The Morgan fingerprint density at radius 1 is 1.05 bits per heavy atom. The molecule has 2 N–H and O–H groups in total. The van der Waals surface area contributed by atoms with E-state index >= 15 is 0 Å². The van der Waals surface area contributed by atoms with Gasteiger partial charge in [0.05, 0.1) is 23.8 Å². The minimum atomic E-state index is -1.21. The van der Waals surface area contributed by atoms with Crippen LogP contribution in [-0.2, 0) is 11.2 Å². The maximum atomic E-state index is 13.6. The predicted octanol–water partition coefficient (Wildman–Crippen LogP) is 3.52. The summed E-state index contributed by atoms with van der Waals surface area (Å²) >= 11 is 0. The molecule has 1 aliphatic heterocycles. The number of nitroso groups, excluding NO2 is 1. The number of unbranched alkanes of at least 4 members (excludes halogenated alkanes) is 1. The highest BCUT2D eigenvalue weighted by molar-refractivity contribution is 6.09. The molecule has 0 aliphatic carbocycles. The Labute approximate surface area is 211 Å². The number of methoxy groups -OCH3 is 1. The number of aliphatic carboxylic acids is 1. The highest BCUT2D eigenvalue weighted by Gasteiger charge is 2.35. The molecule has 2 heterocycles. The number of hydrogen-bond donors (Lipinski definition) is 2. The molecule has 0 spiro atoms. The van der Waals surface area contributed by atoms with Crippen LogP contribution in [0.25, 0.3) is 5.69 Å². The summed E-state index contributed by atoms with van der Waals surface area (Å²) in [6.45, 7) is 0.520. The first kappa shape index (κ1) is 25.4. The third-order valence-electron chi connectivity index (χ3n) is 6.10. The number of amides is 1. The third-order valence-corrected chi connectivity index (χ3v) is 6.10. The number of hydrogen-bond acceptors (Lipinski definition) is 7. The van der Waals surface area contributed by atoms with Gasteiger partial charge in [0.2, 0.25) is 0 Å². The van der Waals surface area contributed by atoms with Crippen LogP contribution in [0.1, 0.15) is 45.8 Å². The van der Waals surface area contributed by atoms with Crippen LogP contribution >= 0.6 is 0 Å². The summed E-state index contributed by atoms with van der Waals surface area (Å²) in [6.07, 6.45) is 1.21. The number of benzene rings is 2. The molecule has 4 rings (SSSR count). The summed E-state index contributed by atoms with van der Waals surface area (Å²) in [5.74, 6) is -1.90. The van der Waals surface area contributed by atoms with E-state index in [1.807, 2.05) is 0 Å². The third kappa shape index (κ3) is 5.27. The molecular formula is C25H25N5O7. The van der Waals surface area contributed by atoms with Gasteiger partial charge in [-0.2, -0.15) is 5.10 Å². The summed E-state index contributed by atoms with van der Waals surface area (Å²) in [5, 5.41) is 26.9. The zero-order valence-corrected chi connectivity index (χ0v) is 20.0. The van der Waals surface area contributed by atoms with Gasteiger partial charge in [-0.1, -0.05) is 0 Å². The first-order chi connectivity index (χ1) is 17.8. The van der Waals surface area contributed by atoms with Gasteiger partial charge in [-0.25, -0.2) is 14.5 Å². The van der Waals surface area contributed by atoms with Gasteiger partial charge < -0.3 is 19.8 Å². The smallest absolute Gasteiger partial charge is 0.356 e. The van der Waals surface area contributed by atoms with Crippen molar-refractivity contribution in [3.63, 3.8) is 0 Å². The number of carbonyl (C=O) groups excluding carboxylic acids is 1. The number of aromatic nitrogens is 2. The van der Waals surface area contributed by atoms with E-state index in [2.05, 4.69) is 10.4 Å². The molecule has 0 fully saturated rings. The molecular weight excluding hydrogens is 482 g/mol. The second kappa shape index (κ2) is 10.9. The number of anilines is 2. The molecule has 0 saturated carbocycles. The molecule has 0 saturated heterocycles. The lowest BCUT2D eigenvalue weighted by Gasteiger charge is -2.28. The van der Waals surface area contributed by atoms with Crippen molar-refractivity contribution < 1.29 is 29.3 Å². The van der Waals surface area contributed by atoms with Crippen molar-refractivity contribution >= 4 is 29.2 Å². The van der Waals surface area contributed by atoms with Gasteiger partial charge in [0.15, 0.2) is 5.69 Å². The number of aromatic carboxylic acids is 1. The molecule has 12 heteroatoms. The standard InChI is InChI=1S/C25H25N5O7/c1-37-19-11-9-18(10-12-19)30-23-20(22(26-30)25(34)35)13-15-28(24(23)33)16-5-7-17(8-6-16)29(27-36)14-3-2-4-21(31)32/h5-12H,2-4,13-15H2,1H3,(H,31,32)(H,34,35). The summed E-state index contributed by atoms with van der Waals surface area (Å²) < 4.78 is 6.52. The molecule has 12 nitrogen and oxygen atoms in total. The molecule has 0 radical (unpaired) electrons. The van der Waals surface area contributed by atoms with E-state index in [9.17, 15) is 24.4 Å². The number of rotatable bonds is 11. The van der Waals surface area contributed by atoms with Crippen LogP contribution in [0.5, 0.6) is 5.75 Å². The normalized spacial score (nSPS) is 12.7. The van der Waals surface area contributed by atoms with Crippen molar-refractivity contribution in [2.75, 3.05) is 30.1 Å². The molecule has 37 heavy (non-hydrogen) atoms. The first-order valence-electron chi connectivity index (χ1n) is 11.6. The number of carboxylic acid groups (broad SMARTS) is 2. The lowest BCUT2D eigenvalue weighted by molar-refractivity contribution is -0.137. The minimum absolute atomic E-state index is 0.0153. The van der Waals surface area contributed by atoms with Gasteiger partial charge >= 0.3 is 11.9 Å². The van der Waals surface area contributed by atoms with Crippen LogP contribution in [0.3, 0.4) is 0 Å². The van der Waals surface area contributed by atoms with Gasteiger partial charge in [-0.3, -0.25) is 9.59 Å². The maximum absolute atomic E-state index is 13.6. The lowest BCUT2D eigenvalue weighted by atomic mass is 10.0.